The smallest absolute Gasteiger partial charge is 0.257 e. The molecule has 0 bridgehead atoms. The summed E-state index contributed by atoms with van der Waals surface area (Å²) in [4.78, 5) is 45.0. The summed E-state index contributed by atoms with van der Waals surface area (Å²) < 4.78 is 1.62. The van der Waals surface area contributed by atoms with E-state index >= 15 is 0 Å². The van der Waals surface area contributed by atoms with E-state index in [0.717, 1.165) is 16.8 Å². The summed E-state index contributed by atoms with van der Waals surface area (Å²) in [5.74, 6) is 0.493. The largest absolute Gasteiger partial charge is 0.340 e. The molecule has 5 aromatic rings. The van der Waals surface area contributed by atoms with Crippen molar-refractivity contribution < 1.29 is 9.59 Å². The Labute approximate surface area is 196 Å². The normalized spacial score (nSPS) is 15.2. The Balaban J connectivity index is 1.37. The molecule has 12 heteroatoms. The molecule has 0 saturated carbocycles. The van der Waals surface area contributed by atoms with Crippen molar-refractivity contribution in [1.82, 2.24) is 34.7 Å². The number of rotatable bonds is 4. The Morgan fingerprint density at radius 2 is 2.03 bits per heavy atom. The third kappa shape index (κ3) is 3.31. The van der Waals surface area contributed by atoms with Gasteiger partial charge in [-0.05, 0) is 24.6 Å². The highest BCUT2D eigenvalue weighted by atomic mass is 32.1. The molecule has 0 unspecified atom stereocenters. The number of hydrogen-bond acceptors (Lipinski definition) is 8. The number of hydrogen-bond donors (Lipinski definition) is 3. The summed E-state index contributed by atoms with van der Waals surface area (Å²) in [5, 5.41) is 12.8. The second-order valence-corrected chi connectivity index (χ2v) is 8.67. The summed E-state index contributed by atoms with van der Waals surface area (Å²) in [5.41, 5.74) is 4.24. The number of H-pyrrole nitrogens is 1. The monoisotopic (exact) mass is 471 g/mol. The van der Waals surface area contributed by atoms with Crippen LogP contribution in [-0.4, -0.2) is 46.5 Å². The zero-order valence-corrected chi connectivity index (χ0v) is 18.6. The second-order valence-electron chi connectivity index (χ2n) is 7.78. The Morgan fingerprint density at radius 1 is 1.18 bits per heavy atom. The first-order chi connectivity index (χ1) is 16.6. The van der Waals surface area contributed by atoms with E-state index < -0.39 is 0 Å². The van der Waals surface area contributed by atoms with Gasteiger partial charge in [-0.2, -0.15) is 9.78 Å². The number of nitrogens with one attached hydrogen (secondary N) is 3. The van der Waals surface area contributed by atoms with Gasteiger partial charge in [-0.25, -0.2) is 19.9 Å². The van der Waals surface area contributed by atoms with E-state index in [1.54, 1.807) is 34.7 Å². The first-order valence-corrected chi connectivity index (χ1v) is 11.3. The third-order valence-electron chi connectivity index (χ3n) is 5.73. The molecule has 6 rings (SSSR count). The predicted molar refractivity (Wildman–Crippen MR) is 125 cm³/mol. The highest BCUT2D eigenvalue weighted by Gasteiger charge is 2.33. The van der Waals surface area contributed by atoms with Crippen LogP contribution in [0.5, 0.6) is 0 Å². The van der Waals surface area contributed by atoms with E-state index in [-0.39, 0.29) is 24.2 Å². The number of fused-ring (bicyclic) bond motifs is 2. The minimum absolute atomic E-state index is 0.126. The molecule has 11 nitrogen and oxygen atoms in total. The van der Waals surface area contributed by atoms with Crippen molar-refractivity contribution in [2.24, 2.45) is 0 Å². The van der Waals surface area contributed by atoms with E-state index in [4.69, 9.17) is 0 Å². The van der Waals surface area contributed by atoms with E-state index in [1.165, 1.54) is 17.7 Å². The maximum Gasteiger partial charge on any atom is 0.257 e. The van der Waals surface area contributed by atoms with Gasteiger partial charge in [0, 0.05) is 35.0 Å². The van der Waals surface area contributed by atoms with Crippen molar-refractivity contribution in [1.29, 1.82) is 0 Å². The van der Waals surface area contributed by atoms with Gasteiger partial charge in [0.15, 0.2) is 16.6 Å². The number of imidazole rings is 1. The van der Waals surface area contributed by atoms with Gasteiger partial charge in [0.05, 0.1) is 12.0 Å². The van der Waals surface area contributed by atoms with Crippen LogP contribution in [0, 0.1) is 6.92 Å². The molecule has 5 heterocycles. The number of nitrogens with zero attached hydrogens (tertiary/aromatic N) is 6. The van der Waals surface area contributed by atoms with Gasteiger partial charge >= 0.3 is 0 Å². The van der Waals surface area contributed by atoms with Crippen LogP contribution >= 0.6 is 11.3 Å². The van der Waals surface area contributed by atoms with Gasteiger partial charge in [-0.1, -0.05) is 12.1 Å². The van der Waals surface area contributed by atoms with E-state index in [2.05, 4.69) is 40.7 Å². The predicted octanol–water partition coefficient (Wildman–Crippen LogP) is 3.03. The van der Waals surface area contributed by atoms with Gasteiger partial charge in [-0.15, -0.1) is 11.3 Å². The van der Waals surface area contributed by atoms with Gasteiger partial charge in [0.1, 0.15) is 17.7 Å². The number of amides is 2. The number of anilines is 2. The van der Waals surface area contributed by atoms with Gasteiger partial charge in [0.2, 0.25) is 5.91 Å². The van der Waals surface area contributed by atoms with Crippen molar-refractivity contribution in [3.05, 3.63) is 70.9 Å². The maximum absolute atomic E-state index is 12.7. The minimum Gasteiger partial charge on any atom is -0.340 e. The molecule has 0 saturated heterocycles. The lowest BCUT2D eigenvalue weighted by atomic mass is 9.85. The fraction of sp³-hybridized carbons (Fsp3) is 0.136. The van der Waals surface area contributed by atoms with Crippen molar-refractivity contribution >= 4 is 45.3 Å². The molecule has 0 aliphatic carbocycles. The number of carbonyl (C=O) groups excluding carboxylic acids is 2. The first kappa shape index (κ1) is 20.2. The second kappa shape index (κ2) is 7.85. The topological polar surface area (TPSA) is 143 Å². The molecule has 1 aliphatic heterocycles. The average molecular weight is 472 g/mol. The summed E-state index contributed by atoms with van der Waals surface area (Å²) in [6.45, 7) is 1.90. The zero-order valence-electron chi connectivity index (χ0n) is 17.8. The number of benzene rings is 1. The molecule has 0 fully saturated rings. The Morgan fingerprint density at radius 3 is 2.82 bits per heavy atom. The molecule has 4 aromatic heterocycles. The summed E-state index contributed by atoms with van der Waals surface area (Å²) in [6, 6.07) is 7.25. The zero-order chi connectivity index (χ0) is 23.2. The van der Waals surface area contributed by atoms with Crippen LogP contribution in [-0.2, 0) is 4.79 Å². The highest BCUT2D eigenvalue weighted by Crippen LogP contribution is 2.40. The molecule has 1 aliphatic rings. The van der Waals surface area contributed by atoms with Crippen LogP contribution in [0.3, 0.4) is 0 Å². The molecule has 0 radical (unpaired) electrons. The quantitative estimate of drug-likeness (QED) is 0.365. The fourth-order valence-electron chi connectivity index (χ4n) is 4.22. The van der Waals surface area contributed by atoms with Crippen LogP contribution in [0.1, 0.15) is 39.5 Å². The minimum atomic E-state index is -0.236. The standard InChI is InChI=1S/C22H17N9O2S/c1-11-16-14(12-2-4-13(5-3-12)21(33)29-22-23-6-7-34-22)8-15(32)28-19(16)31(30-11)20-17-18(25-9-24-17)26-10-27-20/h2-7,9-10,14H,8H2,1H3,(H,28,32)(H,23,29,33)(H,24,25,26,27)/t14-/m0/s1. The number of aromatic nitrogens is 7. The van der Waals surface area contributed by atoms with Crippen molar-refractivity contribution in [3.8, 4) is 5.82 Å². The molecule has 0 spiro atoms. The lowest BCUT2D eigenvalue weighted by Crippen LogP contribution is -2.25. The van der Waals surface area contributed by atoms with Crippen LogP contribution in [0.25, 0.3) is 17.0 Å². The van der Waals surface area contributed by atoms with Crippen LogP contribution in [0.2, 0.25) is 0 Å². The average Bonchev–Trinajstić information content (AvgIpc) is 3.59. The van der Waals surface area contributed by atoms with E-state index in [0.29, 0.717) is 33.5 Å². The number of thiazole rings is 1. The van der Waals surface area contributed by atoms with Gasteiger partial charge in [0.25, 0.3) is 5.91 Å². The molecule has 2 amide bonds. The number of aromatic amines is 1. The molecule has 3 N–H and O–H groups in total. The van der Waals surface area contributed by atoms with Crippen molar-refractivity contribution in [3.63, 3.8) is 0 Å². The van der Waals surface area contributed by atoms with E-state index in [9.17, 15) is 9.59 Å². The van der Waals surface area contributed by atoms with Crippen LogP contribution < -0.4 is 10.6 Å². The molecule has 1 atom stereocenters. The Hall–Kier alpha value is -4.45. The third-order valence-corrected chi connectivity index (χ3v) is 6.42. The highest BCUT2D eigenvalue weighted by molar-refractivity contribution is 7.13. The van der Waals surface area contributed by atoms with Crippen LogP contribution in [0.15, 0.2) is 48.5 Å². The first-order valence-electron chi connectivity index (χ1n) is 10.4. The Kier molecular flexibility index (Phi) is 4.66. The maximum atomic E-state index is 12.7. The van der Waals surface area contributed by atoms with E-state index in [1.807, 2.05) is 19.1 Å². The summed E-state index contributed by atoms with van der Waals surface area (Å²) >= 11 is 1.36. The van der Waals surface area contributed by atoms with Crippen LogP contribution in [0.4, 0.5) is 10.9 Å². The molecule has 168 valence electrons. The van der Waals surface area contributed by atoms with Gasteiger partial charge in [-0.3, -0.25) is 14.9 Å². The van der Waals surface area contributed by atoms with Gasteiger partial charge < -0.3 is 10.3 Å². The lowest BCUT2D eigenvalue weighted by molar-refractivity contribution is -0.116. The molecule has 34 heavy (non-hydrogen) atoms. The lowest BCUT2D eigenvalue weighted by Gasteiger charge is -2.24. The molecule has 1 aromatic carbocycles. The molecular weight excluding hydrogens is 454 g/mol. The summed E-state index contributed by atoms with van der Waals surface area (Å²) in [7, 11) is 0. The Bertz CT molecular complexity index is 1540. The fourth-order valence-corrected chi connectivity index (χ4v) is 4.74. The summed E-state index contributed by atoms with van der Waals surface area (Å²) in [6.07, 6.45) is 4.86. The van der Waals surface area contributed by atoms with Crippen molar-refractivity contribution in [2.75, 3.05) is 10.6 Å². The van der Waals surface area contributed by atoms with Crippen molar-refractivity contribution in [2.45, 2.75) is 19.3 Å². The number of carbonyl (C=O) groups is 2. The number of aryl methyl sites for hydroxylation is 1. The molecular formula is C22H17N9O2S. The SMILES string of the molecule is Cc1nn(-c2ncnc3nc[nH]c23)c2c1[C@H](c1ccc(C(=O)Nc3nccs3)cc1)CC(=O)N2.